The number of halogens is 2. The SMILES string of the molecule is CC(C)CNC(=O)CCn1c(CCl)nc2cc(Cl)cnc21. The van der Waals surface area contributed by atoms with Gasteiger partial charge in [0.05, 0.1) is 10.9 Å². The monoisotopic (exact) mass is 328 g/mol. The van der Waals surface area contributed by atoms with E-state index in [2.05, 4.69) is 29.1 Å². The Labute approximate surface area is 133 Å². The molecule has 0 aliphatic rings. The summed E-state index contributed by atoms with van der Waals surface area (Å²) >= 11 is 11.8. The van der Waals surface area contributed by atoms with Crippen LogP contribution >= 0.6 is 23.2 Å². The maximum atomic E-state index is 11.8. The summed E-state index contributed by atoms with van der Waals surface area (Å²) in [5, 5.41) is 3.42. The Morgan fingerprint density at radius 1 is 1.48 bits per heavy atom. The van der Waals surface area contributed by atoms with Gasteiger partial charge in [0.1, 0.15) is 11.3 Å². The van der Waals surface area contributed by atoms with Gasteiger partial charge in [0.15, 0.2) is 5.65 Å². The number of carbonyl (C=O) groups excluding carboxylic acids is 1. The zero-order valence-electron chi connectivity index (χ0n) is 12.1. The van der Waals surface area contributed by atoms with E-state index in [4.69, 9.17) is 23.2 Å². The van der Waals surface area contributed by atoms with E-state index in [0.29, 0.717) is 47.4 Å². The van der Waals surface area contributed by atoms with Crippen LogP contribution in [-0.2, 0) is 17.2 Å². The van der Waals surface area contributed by atoms with Crippen molar-refractivity contribution in [3.05, 3.63) is 23.1 Å². The van der Waals surface area contributed by atoms with E-state index in [0.717, 1.165) is 0 Å². The number of imidazole rings is 1. The van der Waals surface area contributed by atoms with Gasteiger partial charge in [0, 0.05) is 25.7 Å². The van der Waals surface area contributed by atoms with E-state index in [1.807, 2.05) is 4.57 Å². The van der Waals surface area contributed by atoms with Gasteiger partial charge < -0.3 is 9.88 Å². The van der Waals surface area contributed by atoms with Crippen molar-refractivity contribution < 1.29 is 4.79 Å². The number of pyridine rings is 1. The molecule has 0 radical (unpaired) electrons. The predicted octanol–water partition coefficient (Wildman–Crippen LogP) is 2.99. The lowest BCUT2D eigenvalue weighted by Gasteiger charge is -2.09. The van der Waals surface area contributed by atoms with Crippen molar-refractivity contribution in [1.29, 1.82) is 0 Å². The third-order valence-electron chi connectivity index (χ3n) is 3.02. The van der Waals surface area contributed by atoms with Crippen LogP contribution in [0.2, 0.25) is 5.02 Å². The van der Waals surface area contributed by atoms with Crippen molar-refractivity contribution in [2.75, 3.05) is 6.54 Å². The Hall–Kier alpha value is -1.33. The van der Waals surface area contributed by atoms with Crippen molar-refractivity contribution in [3.63, 3.8) is 0 Å². The standard InChI is InChI=1S/C14H18Cl2N4O/c1-9(2)7-17-13(21)3-4-20-12(6-15)19-11-5-10(16)8-18-14(11)20/h5,8-9H,3-4,6-7H2,1-2H3,(H,17,21). The summed E-state index contributed by atoms with van der Waals surface area (Å²) in [6.07, 6.45) is 1.94. The lowest BCUT2D eigenvalue weighted by Crippen LogP contribution is -2.28. The van der Waals surface area contributed by atoms with Crippen LogP contribution in [0.5, 0.6) is 0 Å². The summed E-state index contributed by atoms with van der Waals surface area (Å²) < 4.78 is 1.87. The van der Waals surface area contributed by atoms with E-state index < -0.39 is 0 Å². The van der Waals surface area contributed by atoms with Gasteiger partial charge in [-0.15, -0.1) is 11.6 Å². The maximum absolute atomic E-state index is 11.8. The van der Waals surface area contributed by atoms with Gasteiger partial charge >= 0.3 is 0 Å². The highest BCUT2D eigenvalue weighted by atomic mass is 35.5. The normalized spacial score (nSPS) is 11.3. The number of nitrogens with one attached hydrogen (secondary N) is 1. The minimum absolute atomic E-state index is 0.0139. The van der Waals surface area contributed by atoms with Gasteiger partial charge in [-0.1, -0.05) is 25.4 Å². The number of fused-ring (bicyclic) bond motifs is 1. The average molecular weight is 329 g/mol. The summed E-state index contributed by atoms with van der Waals surface area (Å²) in [5.74, 6) is 1.41. The molecule has 0 saturated carbocycles. The fraction of sp³-hybridized carbons (Fsp3) is 0.500. The summed E-state index contributed by atoms with van der Waals surface area (Å²) in [4.78, 5) is 20.5. The van der Waals surface area contributed by atoms with Crippen LogP contribution in [0, 0.1) is 5.92 Å². The van der Waals surface area contributed by atoms with E-state index in [1.54, 1.807) is 12.3 Å². The highest BCUT2D eigenvalue weighted by molar-refractivity contribution is 6.31. The van der Waals surface area contributed by atoms with E-state index >= 15 is 0 Å². The van der Waals surface area contributed by atoms with Crippen molar-refractivity contribution in [3.8, 4) is 0 Å². The Kier molecular flexibility index (Phi) is 5.42. The lowest BCUT2D eigenvalue weighted by atomic mass is 10.2. The molecular formula is C14H18Cl2N4O. The van der Waals surface area contributed by atoms with Crippen LogP contribution in [-0.4, -0.2) is 27.0 Å². The third kappa shape index (κ3) is 4.08. The van der Waals surface area contributed by atoms with Crippen LogP contribution in [0.3, 0.4) is 0 Å². The number of carbonyl (C=O) groups is 1. The molecule has 0 saturated heterocycles. The Morgan fingerprint density at radius 3 is 2.90 bits per heavy atom. The molecular weight excluding hydrogens is 311 g/mol. The number of amides is 1. The largest absolute Gasteiger partial charge is 0.356 e. The van der Waals surface area contributed by atoms with Crippen LogP contribution in [0.15, 0.2) is 12.3 Å². The second kappa shape index (κ2) is 7.09. The molecule has 2 heterocycles. The smallest absolute Gasteiger partial charge is 0.221 e. The number of aromatic nitrogens is 3. The maximum Gasteiger partial charge on any atom is 0.221 e. The molecule has 1 N–H and O–H groups in total. The topological polar surface area (TPSA) is 59.8 Å². The molecule has 0 aromatic carbocycles. The highest BCUT2D eigenvalue weighted by Crippen LogP contribution is 2.19. The molecule has 0 aliphatic heterocycles. The fourth-order valence-electron chi connectivity index (χ4n) is 1.99. The molecule has 5 nitrogen and oxygen atoms in total. The van der Waals surface area contributed by atoms with E-state index in [9.17, 15) is 4.79 Å². The molecule has 114 valence electrons. The summed E-state index contributed by atoms with van der Waals surface area (Å²) in [6.45, 7) is 5.29. The molecule has 0 atom stereocenters. The van der Waals surface area contributed by atoms with Gasteiger partial charge in [-0.3, -0.25) is 4.79 Å². The molecule has 21 heavy (non-hydrogen) atoms. The summed E-state index contributed by atoms with van der Waals surface area (Å²) in [5.41, 5.74) is 1.40. The Balaban J connectivity index is 2.12. The minimum Gasteiger partial charge on any atom is -0.356 e. The molecule has 0 bridgehead atoms. The molecule has 1 amide bonds. The predicted molar refractivity (Wildman–Crippen MR) is 84.6 cm³/mol. The van der Waals surface area contributed by atoms with Crippen LogP contribution in [0.1, 0.15) is 26.1 Å². The molecule has 0 fully saturated rings. The van der Waals surface area contributed by atoms with Gasteiger partial charge in [0.2, 0.25) is 5.91 Å². The second-order valence-corrected chi connectivity index (χ2v) is 5.96. The number of hydrogen-bond acceptors (Lipinski definition) is 3. The number of hydrogen-bond donors (Lipinski definition) is 1. The van der Waals surface area contributed by atoms with Gasteiger partial charge in [-0.05, 0) is 12.0 Å². The van der Waals surface area contributed by atoms with Crippen molar-refractivity contribution in [2.24, 2.45) is 5.92 Å². The zero-order valence-corrected chi connectivity index (χ0v) is 13.6. The Bertz CT molecular complexity index is 639. The average Bonchev–Trinajstić information content (AvgIpc) is 2.79. The van der Waals surface area contributed by atoms with Crippen molar-refractivity contribution in [1.82, 2.24) is 19.9 Å². The van der Waals surface area contributed by atoms with Crippen molar-refractivity contribution in [2.45, 2.75) is 32.7 Å². The van der Waals surface area contributed by atoms with Crippen LogP contribution in [0.4, 0.5) is 0 Å². The minimum atomic E-state index is 0.0139. The van der Waals surface area contributed by atoms with Crippen LogP contribution < -0.4 is 5.32 Å². The third-order valence-corrected chi connectivity index (χ3v) is 3.47. The van der Waals surface area contributed by atoms with E-state index in [-0.39, 0.29) is 11.8 Å². The first-order valence-corrected chi connectivity index (χ1v) is 7.75. The summed E-state index contributed by atoms with van der Waals surface area (Å²) in [6, 6.07) is 1.75. The first-order valence-electron chi connectivity index (χ1n) is 6.84. The number of aryl methyl sites for hydroxylation is 1. The molecule has 0 spiro atoms. The lowest BCUT2D eigenvalue weighted by molar-refractivity contribution is -0.121. The van der Waals surface area contributed by atoms with Crippen molar-refractivity contribution >= 4 is 40.3 Å². The quantitative estimate of drug-likeness (QED) is 0.829. The molecule has 0 unspecified atom stereocenters. The first-order chi connectivity index (χ1) is 10.0. The first kappa shape index (κ1) is 16.0. The number of alkyl halides is 1. The second-order valence-electron chi connectivity index (χ2n) is 5.26. The van der Waals surface area contributed by atoms with E-state index in [1.165, 1.54) is 0 Å². The molecule has 2 aromatic heterocycles. The Morgan fingerprint density at radius 2 is 2.24 bits per heavy atom. The molecule has 7 heteroatoms. The fourth-order valence-corrected chi connectivity index (χ4v) is 2.35. The van der Waals surface area contributed by atoms with Gasteiger partial charge in [-0.25, -0.2) is 9.97 Å². The number of rotatable bonds is 6. The number of nitrogens with zero attached hydrogens (tertiary/aromatic N) is 3. The molecule has 2 aromatic rings. The van der Waals surface area contributed by atoms with Crippen LogP contribution in [0.25, 0.3) is 11.2 Å². The zero-order chi connectivity index (χ0) is 15.4. The van der Waals surface area contributed by atoms with Gasteiger partial charge in [0.25, 0.3) is 0 Å². The highest BCUT2D eigenvalue weighted by Gasteiger charge is 2.13. The molecule has 0 aliphatic carbocycles. The van der Waals surface area contributed by atoms with Gasteiger partial charge in [-0.2, -0.15) is 0 Å². The summed E-state index contributed by atoms with van der Waals surface area (Å²) in [7, 11) is 0. The molecule has 2 rings (SSSR count).